The average molecular weight is 405 g/mol. The fourth-order valence-corrected chi connectivity index (χ4v) is 2.88. The van der Waals surface area contributed by atoms with Crippen molar-refractivity contribution in [2.45, 2.75) is 6.18 Å². The topological polar surface area (TPSA) is 74.6 Å². The maximum Gasteiger partial charge on any atom is 0.416 e. The van der Waals surface area contributed by atoms with E-state index < -0.39 is 24.3 Å². The molecule has 1 saturated heterocycles. The van der Waals surface area contributed by atoms with Gasteiger partial charge in [-0.25, -0.2) is 0 Å². The Morgan fingerprint density at radius 3 is 2.66 bits per heavy atom. The minimum absolute atomic E-state index is 0.0566. The first-order valence-corrected chi connectivity index (χ1v) is 8.83. The Labute approximate surface area is 165 Å². The Kier molecular flexibility index (Phi) is 6.24. The van der Waals surface area contributed by atoms with Crippen LogP contribution in [0.1, 0.15) is 11.1 Å². The van der Waals surface area contributed by atoms with E-state index >= 15 is 0 Å². The van der Waals surface area contributed by atoms with Crippen LogP contribution in [0, 0.1) is 11.3 Å². The lowest BCUT2D eigenvalue weighted by Crippen LogP contribution is -2.37. The first kappa shape index (κ1) is 20.5. The number of carbonyl (C=O) groups is 1. The van der Waals surface area contributed by atoms with Crippen molar-refractivity contribution in [3.05, 3.63) is 53.6 Å². The lowest BCUT2D eigenvalue weighted by molar-refractivity contribution is -0.137. The molecular weight excluding hydrogens is 387 g/mol. The van der Waals surface area contributed by atoms with Gasteiger partial charge in [0, 0.05) is 13.1 Å². The van der Waals surface area contributed by atoms with Crippen LogP contribution in [-0.2, 0) is 15.7 Å². The smallest absolute Gasteiger partial charge is 0.416 e. The number of hydrogen-bond acceptors (Lipinski definition) is 5. The van der Waals surface area contributed by atoms with Crippen LogP contribution in [-0.4, -0.2) is 38.8 Å². The Morgan fingerprint density at radius 1 is 1.21 bits per heavy atom. The summed E-state index contributed by atoms with van der Waals surface area (Å²) >= 11 is 0. The highest BCUT2D eigenvalue weighted by atomic mass is 19.4. The number of nitriles is 1. The van der Waals surface area contributed by atoms with E-state index in [9.17, 15) is 18.0 Å². The maximum atomic E-state index is 13.1. The third-order valence-corrected chi connectivity index (χ3v) is 4.28. The minimum Gasteiger partial charge on any atom is -0.484 e. The molecule has 6 nitrogen and oxygen atoms in total. The van der Waals surface area contributed by atoms with Gasteiger partial charge in [0.2, 0.25) is 0 Å². The molecule has 3 rings (SSSR count). The zero-order valence-corrected chi connectivity index (χ0v) is 15.3. The minimum atomic E-state index is -4.53. The summed E-state index contributed by atoms with van der Waals surface area (Å²) in [6.45, 7) is 1.50. The fraction of sp³-hybridized carbons (Fsp3) is 0.300. The van der Waals surface area contributed by atoms with Crippen LogP contribution < -0.4 is 15.0 Å². The van der Waals surface area contributed by atoms with E-state index in [0.717, 1.165) is 12.1 Å². The zero-order chi connectivity index (χ0) is 20.9. The summed E-state index contributed by atoms with van der Waals surface area (Å²) in [5, 5.41) is 11.4. The van der Waals surface area contributed by atoms with Crippen LogP contribution >= 0.6 is 0 Å². The van der Waals surface area contributed by atoms with E-state index in [1.54, 1.807) is 18.2 Å². The number of morpholine rings is 1. The number of ether oxygens (including phenoxy) is 2. The summed E-state index contributed by atoms with van der Waals surface area (Å²) in [6.07, 6.45) is -4.53. The van der Waals surface area contributed by atoms with Gasteiger partial charge >= 0.3 is 6.18 Å². The molecule has 1 fully saturated rings. The van der Waals surface area contributed by atoms with Gasteiger partial charge in [-0.2, -0.15) is 18.4 Å². The molecule has 1 heterocycles. The second kappa shape index (κ2) is 8.84. The van der Waals surface area contributed by atoms with Crippen molar-refractivity contribution in [3.63, 3.8) is 0 Å². The number of alkyl halides is 3. The number of benzene rings is 2. The van der Waals surface area contributed by atoms with Crippen molar-refractivity contribution >= 4 is 17.3 Å². The van der Waals surface area contributed by atoms with Gasteiger partial charge in [0.15, 0.2) is 6.61 Å². The Balaban J connectivity index is 1.76. The van der Waals surface area contributed by atoms with Crippen LogP contribution in [0.5, 0.6) is 5.75 Å². The van der Waals surface area contributed by atoms with Crippen LogP contribution in [0.25, 0.3) is 0 Å². The molecule has 1 N–H and O–H groups in total. The Bertz CT molecular complexity index is 919. The highest BCUT2D eigenvalue weighted by molar-refractivity contribution is 5.95. The second-order valence-corrected chi connectivity index (χ2v) is 6.31. The van der Waals surface area contributed by atoms with E-state index in [0.29, 0.717) is 43.3 Å². The number of hydrogen-bond donors (Lipinski definition) is 1. The van der Waals surface area contributed by atoms with Crippen molar-refractivity contribution in [3.8, 4) is 11.8 Å². The number of halogens is 3. The van der Waals surface area contributed by atoms with Gasteiger partial charge in [-0.3, -0.25) is 4.79 Å². The fourth-order valence-electron chi connectivity index (χ4n) is 2.88. The van der Waals surface area contributed by atoms with Crippen LogP contribution in [0.2, 0.25) is 0 Å². The van der Waals surface area contributed by atoms with Crippen molar-refractivity contribution in [2.75, 3.05) is 43.1 Å². The van der Waals surface area contributed by atoms with Gasteiger partial charge in [-0.1, -0.05) is 6.07 Å². The van der Waals surface area contributed by atoms with Crippen molar-refractivity contribution < 1.29 is 27.4 Å². The number of anilines is 2. The number of amides is 1. The average Bonchev–Trinajstić information content (AvgIpc) is 2.72. The van der Waals surface area contributed by atoms with Gasteiger partial charge < -0.3 is 19.7 Å². The van der Waals surface area contributed by atoms with E-state index in [1.807, 2.05) is 11.0 Å². The third kappa shape index (κ3) is 5.39. The van der Waals surface area contributed by atoms with Crippen molar-refractivity contribution in [1.82, 2.24) is 0 Å². The SMILES string of the molecule is N#Cc1cccc(OCC(=O)Nc2cc(C(F)(F)F)ccc2N2CCOCC2)c1. The third-order valence-electron chi connectivity index (χ3n) is 4.28. The molecule has 0 aliphatic carbocycles. The van der Waals surface area contributed by atoms with Gasteiger partial charge in [-0.05, 0) is 36.4 Å². The summed E-state index contributed by atoms with van der Waals surface area (Å²) in [7, 11) is 0. The molecule has 1 aliphatic rings. The largest absolute Gasteiger partial charge is 0.484 e. The van der Waals surface area contributed by atoms with Gasteiger partial charge in [0.1, 0.15) is 5.75 Å². The number of carbonyl (C=O) groups excluding carboxylic acids is 1. The summed E-state index contributed by atoms with van der Waals surface area (Å²) in [4.78, 5) is 14.2. The molecule has 0 unspecified atom stereocenters. The molecule has 0 bridgehead atoms. The highest BCUT2D eigenvalue weighted by Crippen LogP contribution is 2.35. The number of rotatable bonds is 5. The summed E-state index contributed by atoms with van der Waals surface area (Å²) in [5.41, 5.74) is 0.0602. The van der Waals surface area contributed by atoms with Gasteiger partial charge in [-0.15, -0.1) is 0 Å². The Hall–Kier alpha value is -3.25. The van der Waals surface area contributed by atoms with Gasteiger partial charge in [0.25, 0.3) is 5.91 Å². The number of nitrogens with one attached hydrogen (secondary N) is 1. The highest BCUT2D eigenvalue weighted by Gasteiger charge is 2.32. The van der Waals surface area contributed by atoms with Crippen LogP contribution in [0.3, 0.4) is 0 Å². The maximum absolute atomic E-state index is 13.1. The molecular formula is C20H18F3N3O3. The van der Waals surface area contributed by atoms with Crippen molar-refractivity contribution in [2.24, 2.45) is 0 Å². The lowest BCUT2D eigenvalue weighted by atomic mass is 10.1. The van der Waals surface area contributed by atoms with Crippen LogP contribution in [0.4, 0.5) is 24.5 Å². The summed E-state index contributed by atoms with van der Waals surface area (Å²) in [6, 6.07) is 11.5. The predicted molar refractivity (Wildman–Crippen MR) is 99.8 cm³/mol. The van der Waals surface area contributed by atoms with E-state index in [2.05, 4.69) is 5.32 Å². The number of nitrogens with zero attached hydrogens (tertiary/aromatic N) is 2. The molecule has 0 aromatic heterocycles. The van der Waals surface area contributed by atoms with Gasteiger partial charge in [0.05, 0.1) is 41.8 Å². The molecule has 152 valence electrons. The lowest BCUT2D eigenvalue weighted by Gasteiger charge is -2.31. The monoisotopic (exact) mass is 405 g/mol. The molecule has 0 spiro atoms. The standard InChI is InChI=1S/C20H18F3N3O3/c21-20(22,23)15-4-5-18(26-6-8-28-9-7-26)17(11-15)25-19(27)13-29-16-3-1-2-14(10-16)12-24/h1-5,10-11H,6-9,13H2,(H,25,27). The zero-order valence-electron chi connectivity index (χ0n) is 15.3. The summed E-state index contributed by atoms with van der Waals surface area (Å²) in [5.74, 6) is -0.294. The molecule has 0 radical (unpaired) electrons. The first-order chi connectivity index (χ1) is 13.9. The molecule has 1 aliphatic heterocycles. The molecule has 9 heteroatoms. The summed E-state index contributed by atoms with van der Waals surface area (Å²) < 4.78 is 50.0. The molecule has 0 atom stereocenters. The Morgan fingerprint density at radius 2 is 1.97 bits per heavy atom. The predicted octanol–water partition coefficient (Wildman–Crippen LogP) is 3.43. The van der Waals surface area contributed by atoms with E-state index in [1.165, 1.54) is 12.1 Å². The molecule has 2 aromatic rings. The normalized spacial score (nSPS) is 14.2. The molecule has 2 aromatic carbocycles. The van der Waals surface area contributed by atoms with Crippen molar-refractivity contribution in [1.29, 1.82) is 5.26 Å². The molecule has 29 heavy (non-hydrogen) atoms. The van der Waals surface area contributed by atoms with E-state index in [4.69, 9.17) is 14.7 Å². The second-order valence-electron chi connectivity index (χ2n) is 6.31. The quantitative estimate of drug-likeness (QED) is 0.825. The van der Waals surface area contributed by atoms with Crippen LogP contribution in [0.15, 0.2) is 42.5 Å². The first-order valence-electron chi connectivity index (χ1n) is 8.83. The molecule has 1 amide bonds. The van der Waals surface area contributed by atoms with E-state index in [-0.39, 0.29) is 5.69 Å². The molecule has 0 saturated carbocycles.